The van der Waals surface area contributed by atoms with Gasteiger partial charge in [0.15, 0.2) is 0 Å². The lowest BCUT2D eigenvalue weighted by Gasteiger charge is -2.28. The molecule has 0 aromatic carbocycles. The first-order valence-corrected chi connectivity index (χ1v) is 9.17. The molecule has 2 atom stereocenters. The molecular formula is C18H27N5O2. The van der Waals surface area contributed by atoms with Gasteiger partial charge in [-0.2, -0.15) is 10.2 Å². The van der Waals surface area contributed by atoms with Crippen molar-refractivity contribution in [1.82, 2.24) is 9.97 Å². The molecule has 7 heteroatoms. The average molecular weight is 345 g/mol. The fraction of sp³-hybridized carbons (Fsp3) is 0.722. The zero-order chi connectivity index (χ0) is 17.6. The maximum atomic E-state index is 9.49. The van der Waals surface area contributed by atoms with Gasteiger partial charge >= 0.3 is 0 Å². The summed E-state index contributed by atoms with van der Waals surface area (Å²) in [5.41, 5.74) is 0.442. The highest BCUT2D eigenvalue weighted by atomic mass is 16.5. The molecular weight excluding hydrogens is 318 g/mol. The maximum absolute atomic E-state index is 9.49. The predicted molar refractivity (Wildman–Crippen MR) is 95.3 cm³/mol. The Balaban J connectivity index is 1.67. The van der Waals surface area contributed by atoms with Crippen molar-refractivity contribution in [1.29, 1.82) is 5.26 Å². The van der Waals surface area contributed by atoms with Crippen LogP contribution in [0.25, 0.3) is 0 Å². The molecule has 2 fully saturated rings. The van der Waals surface area contributed by atoms with E-state index in [1.54, 1.807) is 13.3 Å². The molecule has 2 aliphatic carbocycles. The molecule has 2 aliphatic rings. The highest BCUT2D eigenvalue weighted by Crippen LogP contribution is 2.29. The van der Waals surface area contributed by atoms with Crippen molar-refractivity contribution < 1.29 is 9.84 Å². The number of hydrogen-bond donors (Lipinski definition) is 3. The second-order valence-corrected chi connectivity index (χ2v) is 7.05. The summed E-state index contributed by atoms with van der Waals surface area (Å²) in [5, 5.41) is 25.6. The predicted octanol–water partition coefficient (Wildman–Crippen LogP) is 2.29. The van der Waals surface area contributed by atoms with Gasteiger partial charge < -0.3 is 20.5 Å². The molecule has 136 valence electrons. The van der Waals surface area contributed by atoms with Crippen LogP contribution < -0.4 is 10.6 Å². The number of nitrogens with zero attached hydrogens (tertiary/aromatic N) is 3. The molecule has 0 spiro atoms. The molecule has 7 nitrogen and oxygen atoms in total. The zero-order valence-electron chi connectivity index (χ0n) is 14.7. The van der Waals surface area contributed by atoms with E-state index in [9.17, 15) is 10.4 Å². The van der Waals surface area contributed by atoms with Gasteiger partial charge in [0.25, 0.3) is 0 Å². The molecule has 1 aromatic heterocycles. The Hall–Kier alpha value is -1.91. The summed E-state index contributed by atoms with van der Waals surface area (Å²) >= 11 is 0. The van der Waals surface area contributed by atoms with Crippen molar-refractivity contribution in [2.75, 3.05) is 24.4 Å². The fourth-order valence-corrected chi connectivity index (χ4v) is 3.89. The van der Waals surface area contributed by atoms with Gasteiger partial charge in [0, 0.05) is 31.7 Å². The standard InChI is InChI=1S/C18H27N5O2/c1-25-15-7-5-14(6-8-15)21-18-20-10-13(9-19)17(23-18)22-16-4-2-3-12(16)11-24/h10,12,14-16,24H,2-8,11H2,1H3,(H2,20,21,22,23)/t12-,14?,15?,16-/m1/s1. The Bertz CT molecular complexity index is 610. The molecule has 1 heterocycles. The first-order valence-electron chi connectivity index (χ1n) is 9.17. The number of methoxy groups -OCH3 is 1. The highest BCUT2D eigenvalue weighted by molar-refractivity contribution is 5.54. The van der Waals surface area contributed by atoms with Crippen LogP contribution in [-0.2, 0) is 4.74 Å². The molecule has 1 aromatic rings. The van der Waals surface area contributed by atoms with Gasteiger partial charge in [-0.25, -0.2) is 4.98 Å². The monoisotopic (exact) mass is 345 g/mol. The summed E-state index contributed by atoms with van der Waals surface area (Å²) in [6, 6.07) is 2.65. The quantitative estimate of drug-likeness (QED) is 0.727. The number of ether oxygens (including phenoxy) is 1. The van der Waals surface area contributed by atoms with Crippen molar-refractivity contribution in [2.24, 2.45) is 5.92 Å². The van der Waals surface area contributed by atoms with E-state index in [0.717, 1.165) is 44.9 Å². The van der Waals surface area contributed by atoms with E-state index in [0.29, 0.717) is 29.5 Å². The van der Waals surface area contributed by atoms with Crippen LogP contribution in [0.3, 0.4) is 0 Å². The minimum atomic E-state index is 0.164. The summed E-state index contributed by atoms with van der Waals surface area (Å²) in [7, 11) is 1.77. The largest absolute Gasteiger partial charge is 0.396 e. The second kappa shape index (κ2) is 8.45. The van der Waals surface area contributed by atoms with Crippen LogP contribution in [0.4, 0.5) is 11.8 Å². The first-order chi connectivity index (χ1) is 12.2. The van der Waals surface area contributed by atoms with Crippen LogP contribution >= 0.6 is 0 Å². The number of rotatable bonds is 6. The van der Waals surface area contributed by atoms with Gasteiger partial charge in [-0.1, -0.05) is 6.42 Å². The lowest BCUT2D eigenvalue weighted by atomic mass is 9.93. The van der Waals surface area contributed by atoms with E-state index in [2.05, 4.69) is 26.7 Å². The van der Waals surface area contributed by atoms with Crippen molar-refractivity contribution in [3.8, 4) is 6.07 Å². The van der Waals surface area contributed by atoms with Crippen molar-refractivity contribution in [3.05, 3.63) is 11.8 Å². The Labute approximate surface area is 148 Å². The van der Waals surface area contributed by atoms with Gasteiger partial charge in [-0.05, 0) is 38.5 Å². The molecule has 0 saturated heterocycles. The van der Waals surface area contributed by atoms with E-state index in [4.69, 9.17) is 4.74 Å². The molecule has 0 radical (unpaired) electrons. The number of anilines is 2. The lowest BCUT2D eigenvalue weighted by molar-refractivity contribution is 0.0681. The van der Waals surface area contributed by atoms with E-state index in [1.165, 1.54) is 0 Å². The minimum absolute atomic E-state index is 0.164. The summed E-state index contributed by atoms with van der Waals surface area (Å²) < 4.78 is 5.41. The molecule has 25 heavy (non-hydrogen) atoms. The fourth-order valence-electron chi connectivity index (χ4n) is 3.89. The summed E-state index contributed by atoms with van der Waals surface area (Å²) in [5.74, 6) is 1.35. The van der Waals surface area contributed by atoms with E-state index in [-0.39, 0.29) is 18.6 Å². The SMILES string of the molecule is COC1CCC(Nc2ncc(C#N)c(N[C@@H]3CCC[C@@H]3CO)n2)CC1. The van der Waals surface area contributed by atoms with Crippen molar-refractivity contribution in [2.45, 2.75) is 63.1 Å². The minimum Gasteiger partial charge on any atom is -0.396 e. The third-order valence-corrected chi connectivity index (χ3v) is 5.47. The molecule has 3 N–H and O–H groups in total. The van der Waals surface area contributed by atoms with E-state index >= 15 is 0 Å². The van der Waals surface area contributed by atoms with Crippen LogP contribution in [0, 0.1) is 17.2 Å². The van der Waals surface area contributed by atoms with Crippen LogP contribution in [0.5, 0.6) is 0 Å². The molecule has 0 amide bonds. The smallest absolute Gasteiger partial charge is 0.224 e. The Morgan fingerprint density at radius 3 is 2.72 bits per heavy atom. The molecule has 2 saturated carbocycles. The van der Waals surface area contributed by atoms with Crippen molar-refractivity contribution in [3.63, 3.8) is 0 Å². The third kappa shape index (κ3) is 4.39. The molecule has 3 rings (SSSR count). The van der Waals surface area contributed by atoms with Gasteiger partial charge in [0.1, 0.15) is 17.5 Å². The highest BCUT2D eigenvalue weighted by Gasteiger charge is 2.28. The van der Waals surface area contributed by atoms with E-state index in [1.807, 2.05) is 0 Å². The van der Waals surface area contributed by atoms with Gasteiger partial charge in [-0.15, -0.1) is 0 Å². The van der Waals surface area contributed by atoms with Crippen molar-refractivity contribution >= 4 is 11.8 Å². The number of nitriles is 1. The maximum Gasteiger partial charge on any atom is 0.224 e. The topological polar surface area (TPSA) is 103 Å². The molecule has 0 bridgehead atoms. The lowest BCUT2D eigenvalue weighted by Crippen LogP contribution is -2.30. The zero-order valence-corrected chi connectivity index (χ0v) is 14.7. The Morgan fingerprint density at radius 2 is 2.04 bits per heavy atom. The number of nitrogens with one attached hydrogen (secondary N) is 2. The van der Waals surface area contributed by atoms with Crippen LogP contribution in [0.1, 0.15) is 50.5 Å². The number of aromatic nitrogens is 2. The summed E-state index contributed by atoms with van der Waals surface area (Å²) in [6.07, 6.45) is 9.14. The van der Waals surface area contributed by atoms with Gasteiger partial charge in [-0.3, -0.25) is 0 Å². The molecule has 0 unspecified atom stereocenters. The number of hydrogen-bond acceptors (Lipinski definition) is 7. The van der Waals surface area contributed by atoms with Crippen LogP contribution in [0.2, 0.25) is 0 Å². The average Bonchev–Trinajstić information content (AvgIpc) is 3.10. The van der Waals surface area contributed by atoms with E-state index < -0.39 is 0 Å². The van der Waals surface area contributed by atoms with Crippen LogP contribution in [-0.4, -0.2) is 47.0 Å². The summed E-state index contributed by atoms with van der Waals surface area (Å²) in [4.78, 5) is 8.83. The molecule has 0 aliphatic heterocycles. The van der Waals surface area contributed by atoms with Gasteiger partial charge in [0.2, 0.25) is 5.95 Å². The Kier molecular flexibility index (Phi) is 6.05. The normalized spacial score (nSPS) is 29.2. The van der Waals surface area contributed by atoms with Crippen LogP contribution in [0.15, 0.2) is 6.20 Å². The number of aliphatic hydroxyl groups excluding tert-OH is 1. The summed E-state index contributed by atoms with van der Waals surface area (Å²) in [6.45, 7) is 0.165. The first kappa shape index (κ1) is 17.9. The number of aliphatic hydroxyl groups is 1. The third-order valence-electron chi connectivity index (χ3n) is 5.47. The Morgan fingerprint density at radius 1 is 1.24 bits per heavy atom. The van der Waals surface area contributed by atoms with Gasteiger partial charge in [0.05, 0.1) is 12.3 Å². The second-order valence-electron chi connectivity index (χ2n) is 7.05.